The second kappa shape index (κ2) is 9.07. The Bertz CT molecular complexity index is 1150. The molecular weight excluding hydrogens is 414 g/mol. The number of hydrogen-bond donors (Lipinski definition) is 2. The van der Waals surface area contributed by atoms with Crippen LogP contribution in [-0.4, -0.2) is 20.6 Å². The molecule has 4 rings (SSSR count). The number of rotatable bonds is 8. The lowest BCUT2D eigenvalue weighted by molar-refractivity contribution is 0.243. The number of nitrogens with one attached hydrogen (secondary N) is 1. The fourth-order valence-electron chi connectivity index (χ4n) is 3.25. The van der Waals surface area contributed by atoms with Gasteiger partial charge in [0.2, 0.25) is 0 Å². The zero-order chi connectivity index (χ0) is 21.1. The first-order valence-electron chi connectivity index (χ1n) is 9.92. The molecule has 0 unspecified atom stereocenters. The summed E-state index contributed by atoms with van der Waals surface area (Å²) in [5.41, 5.74) is 5.01. The molecule has 0 aliphatic carbocycles. The monoisotopic (exact) mass is 439 g/mol. The number of aromatic nitrogens is 3. The minimum Gasteiger partial charge on any atom is -0.489 e. The lowest BCUT2D eigenvalue weighted by Gasteiger charge is -2.15. The predicted molar refractivity (Wildman–Crippen MR) is 127 cm³/mol. The first-order chi connectivity index (χ1) is 14.6. The van der Waals surface area contributed by atoms with Gasteiger partial charge in [-0.05, 0) is 62.5 Å². The third-order valence-corrected chi connectivity index (χ3v) is 5.86. The molecule has 0 amide bonds. The van der Waals surface area contributed by atoms with E-state index in [-0.39, 0.29) is 6.10 Å². The molecule has 0 atom stereocenters. The highest BCUT2D eigenvalue weighted by molar-refractivity contribution is 7.97. The lowest BCUT2D eigenvalue weighted by Crippen LogP contribution is -2.07. The van der Waals surface area contributed by atoms with E-state index in [0.717, 1.165) is 56.7 Å². The van der Waals surface area contributed by atoms with E-state index in [2.05, 4.69) is 45.4 Å². The van der Waals surface area contributed by atoms with Gasteiger partial charge in [0.25, 0.3) is 0 Å². The molecule has 0 saturated heterocycles. The maximum atomic E-state index is 5.94. The minimum atomic E-state index is 0.0773. The zero-order valence-corrected chi connectivity index (χ0v) is 18.9. The summed E-state index contributed by atoms with van der Waals surface area (Å²) in [5, 5.41) is 12.0. The molecule has 0 bridgehead atoms. The number of imidazole rings is 1. The van der Waals surface area contributed by atoms with Crippen LogP contribution >= 0.6 is 23.3 Å². The first kappa shape index (κ1) is 20.7. The Morgan fingerprint density at radius 3 is 2.87 bits per heavy atom. The number of hydrogen-bond acceptors (Lipinski definition) is 7. The molecule has 0 fully saturated rings. The Kier molecular flexibility index (Phi) is 6.26. The smallest absolute Gasteiger partial charge is 0.187 e. The van der Waals surface area contributed by atoms with E-state index >= 15 is 0 Å². The van der Waals surface area contributed by atoms with Gasteiger partial charge in [-0.25, -0.2) is 9.97 Å². The van der Waals surface area contributed by atoms with Crippen LogP contribution in [0.25, 0.3) is 22.3 Å². The SMILES string of the molecule is CCCn1cnc2ccc(-c3csc(Nc4cc(SN)ccc4OC(C)C)n3)cc21. The largest absolute Gasteiger partial charge is 0.489 e. The highest BCUT2D eigenvalue weighted by Gasteiger charge is 2.12. The third kappa shape index (κ3) is 4.45. The number of nitrogens with zero attached hydrogens (tertiary/aromatic N) is 3. The van der Waals surface area contributed by atoms with Crippen molar-refractivity contribution in [2.45, 2.75) is 44.7 Å². The maximum Gasteiger partial charge on any atom is 0.187 e. The molecule has 3 N–H and O–H groups in total. The molecule has 30 heavy (non-hydrogen) atoms. The Balaban J connectivity index is 1.62. The quantitative estimate of drug-likeness (QED) is 0.325. The van der Waals surface area contributed by atoms with E-state index < -0.39 is 0 Å². The summed E-state index contributed by atoms with van der Waals surface area (Å²) in [6.45, 7) is 7.15. The predicted octanol–water partition coefficient (Wildman–Crippen LogP) is 6.07. The Morgan fingerprint density at radius 2 is 2.10 bits per heavy atom. The summed E-state index contributed by atoms with van der Waals surface area (Å²) in [6, 6.07) is 12.2. The fourth-order valence-corrected chi connectivity index (χ4v) is 4.32. The highest BCUT2D eigenvalue weighted by atomic mass is 32.2. The fraction of sp³-hybridized carbons (Fsp3) is 0.273. The van der Waals surface area contributed by atoms with Crippen molar-refractivity contribution in [1.82, 2.24) is 14.5 Å². The minimum absolute atomic E-state index is 0.0773. The van der Waals surface area contributed by atoms with Crippen LogP contribution in [0.15, 0.2) is 53.0 Å². The third-order valence-electron chi connectivity index (χ3n) is 4.58. The standard InChI is InChI=1S/C22H25N5OS2/c1-4-9-27-13-24-17-7-5-15(10-20(17)27)19-12-29-22(26-19)25-18-11-16(30-23)6-8-21(18)28-14(2)3/h5-8,10-14H,4,9,23H2,1-3H3,(H,25,26). The van der Waals surface area contributed by atoms with E-state index in [0.29, 0.717) is 0 Å². The molecule has 0 aliphatic rings. The first-order valence-corrected chi connectivity index (χ1v) is 11.7. The number of aryl methyl sites for hydroxylation is 1. The molecule has 2 aromatic carbocycles. The highest BCUT2D eigenvalue weighted by Crippen LogP contribution is 2.34. The van der Waals surface area contributed by atoms with Crippen molar-refractivity contribution in [1.29, 1.82) is 0 Å². The zero-order valence-electron chi connectivity index (χ0n) is 17.3. The van der Waals surface area contributed by atoms with Crippen molar-refractivity contribution < 1.29 is 4.74 Å². The molecule has 0 spiro atoms. The molecule has 6 nitrogen and oxygen atoms in total. The van der Waals surface area contributed by atoms with Crippen LogP contribution < -0.4 is 15.2 Å². The van der Waals surface area contributed by atoms with Gasteiger partial charge in [0.15, 0.2) is 5.13 Å². The van der Waals surface area contributed by atoms with Gasteiger partial charge in [0.05, 0.1) is 34.8 Å². The van der Waals surface area contributed by atoms with Crippen LogP contribution in [0.2, 0.25) is 0 Å². The molecule has 0 aliphatic heterocycles. The van der Waals surface area contributed by atoms with E-state index in [1.807, 2.05) is 38.4 Å². The van der Waals surface area contributed by atoms with Gasteiger partial charge >= 0.3 is 0 Å². The normalized spacial score (nSPS) is 11.4. The molecule has 4 aromatic rings. The number of fused-ring (bicyclic) bond motifs is 1. The average Bonchev–Trinajstić information content (AvgIpc) is 3.36. The van der Waals surface area contributed by atoms with Crippen LogP contribution in [0, 0.1) is 0 Å². The van der Waals surface area contributed by atoms with Crippen LogP contribution in [0.5, 0.6) is 5.75 Å². The topological polar surface area (TPSA) is 78.0 Å². The van der Waals surface area contributed by atoms with Crippen LogP contribution in [0.4, 0.5) is 10.8 Å². The Labute approximate surface area is 184 Å². The van der Waals surface area contributed by atoms with Crippen molar-refractivity contribution in [3.05, 3.63) is 48.1 Å². The van der Waals surface area contributed by atoms with Gasteiger partial charge in [-0.2, -0.15) is 0 Å². The van der Waals surface area contributed by atoms with Crippen LogP contribution in [0.3, 0.4) is 0 Å². The van der Waals surface area contributed by atoms with Crippen LogP contribution in [0.1, 0.15) is 27.2 Å². The summed E-state index contributed by atoms with van der Waals surface area (Å²) in [4.78, 5) is 10.3. The molecule has 2 aromatic heterocycles. The summed E-state index contributed by atoms with van der Waals surface area (Å²) in [6.07, 6.45) is 3.06. The van der Waals surface area contributed by atoms with Crippen molar-refractivity contribution in [3.63, 3.8) is 0 Å². The Morgan fingerprint density at radius 1 is 1.23 bits per heavy atom. The molecule has 8 heteroatoms. The number of benzene rings is 2. The lowest BCUT2D eigenvalue weighted by atomic mass is 10.1. The van der Waals surface area contributed by atoms with Crippen molar-refractivity contribution in [2.24, 2.45) is 5.14 Å². The van der Waals surface area contributed by atoms with E-state index in [4.69, 9.17) is 14.9 Å². The average molecular weight is 440 g/mol. The number of thiazole rings is 1. The summed E-state index contributed by atoms with van der Waals surface area (Å²) >= 11 is 2.77. The maximum absolute atomic E-state index is 5.94. The van der Waals surface area contributed by atoms with Gasteiger partial charge in [-0.1, -0.05) is 13.0 Å². The van der Waals surface area contributed by atoms with Crippen LogP contribution in [-0.2, 0) is 6.54 Å². The van der Waals surface area contributed by atoms with Gasteiger partial charge in [0, 0.05) is 22.4 Å². The second-order valence-electron chi connectivity index (χ2n) is 7.25. The number of ether oxygens (including phenoxy) is 1. The second-order valence-corrected chi connectivity index (χ2v) is 8.81. The molecule has 0 radical (unpaired) electrons. The van der Waals surface area contributed by atoms with E-state index in [1.54, 1.807) is 11.3 Å². The van der Waals surface area contributed by atoms with Gasteiger partial charge < -0.3 is 14.6 Å². The summed E-state index contributed by atoms with van der Waals surface area (Å²) in [5.74, 6) is 0.782. The van der Waals surface area contributed by atoms with Gasteiger partial charge in [-0.3, -0.25) is 5.14 Å². The van der Waals surface area contributed by atoms with Crippen molar-refractivity contribution in [2.75, 3.05) is 5.32 Å². The number of nitrogens with two attached hydrogens (primary N) is 1. The number of anilines is 2. The Hall–Kier alpha value is -2.55. The molecule has 2 heterocycles. The van der Waals surface area contributed by atoms with Crippen molar-refractivity contribution in [3.8, 4) is 17.0 Å². The van der Waals surface area contributed by atoms with Gasteiger partial charge in [0.1, 0.15) is 5.75 Å². The summed E-state index contributed by atoms with van der Waals surface area (Å²) < 4.78 is 8.13. The molecular formula is C22H25N5OS2. The van der Waals surface area contributed by atoms with Gasteiger partial charge in [-0.15, -0.1) is 11.3 Å². The summed E-state index contributed by atoms with van der Waals surface area (Å²) in [7, 11) is 0. The van der Waals surface area contributed by atoms with E-state index in [9.17, 15) is 0 Å². The molecule has 156 valence electrons. The van der Waals surface area contributed by atoms with E-state index in [1.165, 1.54) is 11.9 Å². The van der Waals surface area contributed by atoms with Crippen molar-refractivity contribution >= 4 is 45.1 Å². The molecule has 0 saturated carbocycles.